The lowest BCUT2D eigenvalue weighted by Gasteiger charge is -2.30. The summed E-state index contributed by atoms with van der Waals surface area (Å²) in [5.41, 5.74) is 1.63. The van der Waals surface area contributed by atoms with Crippen LogP contribution in [0.5, 0.6) is 0 Å². The van der Waals surface area contributed by atoms with E-state index < -0.39 is 66.9 Å². The smallest absolute Gasteiger partial charge is 0.417 e. The van der Waals surface area contributed by atoms with Gasteiger partial charge < -0.3 is 10.4 Å². The van der Waals surface area contributed by atoms with E-state index in [1.54, 1.807) is 43.6 Å². The van der Waals surface area contributed by atoms with Crippen molar-refractivity contribution in [2.75, 3.05) is 25.4 Å². The van der Waals surface area contributed by atoms with E-state index in [2.05, 4.69) is 10.3 Å². The van der Waals surface area contributed by atoms with Gasteiger partial charge >= 0.3 is 12.1 Å². The van der Waals surface area contributed by atoms with Gasteiger partial charge in [0.05, 0.1) is 16.2 Å². The average molecular weight is 671 g/mol. The molecule has 11 nitrogen and oxygen atoms in total. The highest BCUT2D eigenvalue weighted by molar-refractivity contribution is 7.89. The van der Waals surface area contributed by atoms with Crippen LogP contribution in [0.15, 0.2) is 71.9 Å². The van der Waals surface area contributed by atoms with Gasteiger partial charge in [-0.1, -0.05) is 30.3 Å². The largest absolute Gasteiger partial charge is 0.480 e. The molecule has 3 N–H and O–H groups in total. The molecule has 0 aliphatic rings. The minimum absolute atomic E-state index is 0.100. The number of nitrogens with one attached hydrogen (secondary N) is 2. The van der Waals surface area contributed by atoms with Crippen LogP contribution in [0, 0.1) is 6.92 Å². The molecular formula is C29H33F3N4O7S2. The molecule has 0 aliphatic heterocycles. The van der Waals surface area contributed by atoms with Gasteiger partial charge in [0.25, 0.3) is 0 Å². The second kappa shape index (κ2) is 14.9. The van der Waals surface area contributed by atoms with E-state index in [0.29, 0.717) is 11.6 Å². The summed E-state index contributed by atoms with van der Waals surface area (Å²) in [6.07, 6.45) is -2.04. The van der Waals surface area contributed by atoms with Crippen molar-refractivity contribution < 1.29 is 44.7 Å². The summed E-state index contributed by atoms with van der Waals surface area (Å²) >= 11 is 0. The lowest BCUT2D eigenvalue weighted by atomic mass is 9.98. The quantitative estimate of drug-likeness (QED) is 0.220. The van der Waals surface area contributed by atoms with Crippen molar-refractivity contribution in [3.8, 4) is 11.1 Å². The molecule has 0 aliphatic carbocycles. The van der Waals surface area contributed by atoms with Gasteiger partial charge in [-0.2, -0.15) is 17.5 Å². The monoisotopic (exact) mass is 670 g/mol. The second-order valence-electron chi connectivity index (χ2n) is 10.1. The molecule has 2 aromatic carbocycles. The van der Waals surface area contributed by atoms with Crippen molar-refractivity contribution in [1.82, 2.24) is 19.3 Å². The van der Waals surface area contributed by atoms with E-state index in [4.69, 9.17) is 5.11 Å². The van der Waals surface area contributed by atoms with Crippen LogP contribution >= 0.6 is 0 Å². The molecule has 0 unspecified atom stereocenters. The zero-order valence-electron chi connectivity index (χ0n) is 24.4. The fourth-order valence-electron chi connectivity index (χ4n) is 4.56. The van der Waals surface area contributed by atoms with E-state index in [0.717, 1.165) is 33.1 Å². The first kappa shape index (κ1) is 35.6. The van der Waals surface area contributed by atoms with Gasteiger partial charge in [0.1, 0.15) is 6.54 Å². The Morgan fingerprint density at radius 3 is 2.42 bits per heavy atom. The summed E-state index contributed by atoms with van der Waals surface area (Å²) in [6, 6.07) is 11.6. The number of aliphatic carboxylic acids is 1. The molecule has 3 rings (SSSR count). The van der Waals surface area contributed by atoms with E-state index in [9.17, 15) is 39.6 Å². The summed E-state index contributed by atoms with van der Waals surface area (Å²) in [5.74, 6) is -2.60. The molecule has 0 bridgehead atoms. The molecule has 0 saturated heterocycles. The van der Waals surface area contributed by atoms with Crippen LogP contribution in [-0.2, 0) is 35.8 Å². The third-order valence-corrected chi connectivity index (χ3v) is 10.2. The molecule has 3 aromatic rings. The number of carbonyl (C=O) groups excluding carboxylic acids is 1. The number of aryl methyl sites for hydroxylation is 1. The Kier molecular flexibility index (Phi) is 11.8. The summed E-state index contributed by atoms with van der Waals surface area (Å²) in [5, 5.41) is 11.0. The van der Waals surface area contributed by atoms with Gasteiger partial charge in [-0.25, -0.2) is 21.6 Å². The molecule has 244 valence electrons. The zero-order chi connectivity index (χ0) is 33.4. The number of halogens is 3. The maximum Gasteiger partial charge on any atom is 0.417 e. The normalized spacial score (nSPS) is 13.0. The topological polar surface area (TPSA) is 163 Å². The van der Waals surface area contributed by atoms with E-state index in [1.165, 1.54) is 6.07 Å². The minimum Gasteiger partial charge on any atom is -0.480 e. The molecule has 1 atom stereocenters. The number of carboxylic acid groups (broad SMARTS) is 1. The highest BCUT2D eigenvalue weighted by atomic mass is 32.2. The molecule has 1 heterocycles. The molecule has 1 amide bonds. The van der Waals surface area contributed by atoms with E-state index >= 15 is 0 Å². The third-order valence-electron chi connectivity index (χ3n) is 6.83. The van der Waals surface area contributed by atoms with E-state index in [1.807, 2.05) is 17.7 Å². The van der Waals surface area contributed by atoms with Crippen LogP contribution < -0.4 is 10.0 Å². The average Bonchev–Trinajstić information content (AvgIpc) is 2.98. The Hall–Kier alpha value is -3.86. The van der Waals surface area contributed by atoms with Gasteiger partial charge in [-0.3, -0.25) is 14.6 Å². The highest BCUT2D eigenvalue weighted by Gasteiger charge is 2.40. The predicted molar refractivity (Wildman–Crippen MR) is 160 cm³/mol. The number of benzene rings is 2. The van der Waals surface area contributed by atoms with Crippen LogP contribution in [0.25, 0.3) is 11.1 Å². The fourth-order valence-corrected chi connectivity index (χ4v) is 7.29. The maximum atomic E-state index is 13.9. The predicted octanol–water partition coefficient (Wildman–Crippen LogP) is 3.73. The Bertz CT molecular complexity index is 1730. The van der Waals surface area contributed by atoms with Crippen LogP contribution in [0.4, 0.5) is 13.2 Å². The summed E-state index contributed by atoms with van der Waals surface area (Å²) < 4.78 is 95.8. The van der Waals surface area contributed by atoms with Crippen LogP contribution in [-0.4, -0.2) is 68.5 Å². The summed E-state index contributed by atoms with van der Waals surface area (Å²) in [7, 11) is -8.73. The van der Waals surface area contributed by atoms with E-state index in [-0.39, 0.29) is 25.9 Å². The lowest BCUT2D eigenvalue weighted by Crippen LogP contribution is -2.37. The summed E-state index contributed by atoms with van der Waals surface area (Å²) in [4.78, 5) is 26.1. The lowest BCUT2D eigenvalue weighted by molar-refractivity contribution is -0.140. The number of alkyl halides is 3. The molecule has 0 saturated carbocycles. The van der Waals surface area contributed by atoms with Crippen molar-refractivity contribution in [2.24, 2.45) is 0 Å². The van der Waals surface area contributed by atoms with Gasteiger partial charge in [-0.15, -0.1) is 0 Å². The standard InChI is InChI=1S/C29H33F3N4O7S2/c1-20-18-33-13-12-24(20)23-8-5-7-22(17-23)21(2)36(45(42,43)26-10-4-3-9-25(26)29(30,31)32)15-6-11-27(37)34-14-16-44(40,41)35-19-28(38)39/h3-5,7-10,12-13,17-18,21,35H,6,11,14-16,19H2,1-2H3,(H,34,37)(H,38,39)/t21-/m0/s1. The van der Waals surface area contributed by atoms with Crippen molar-refractivity contribution in [1.29, 1.82) is 0 Å². The number of carboxylic acids is 1. The Morgan fingerprint density at radius 2 is 1.76 bits per heavy atom. The molecule has 0 fully saturated rings. The van der Waals surface area contributed by atoms with Crippen molar-refractivity contribution >= 4 is 31.9 Å². The van der Waals surface area contributed by atoms with Gasteiger partial charge in [-0.05, 0) is 66.8 Å². The minimum atomic E-state index is -4.95. The Balaban J connectivity index is 1.86. The first-order valence-corrected chi connectivity index (χ1v) is 16.8. The summed E-state index contributed by atoms with van der Waals surface area (Å²) in [6.45, 7) is 1.91. The molecular weight excluding hydrogens is 637 g/mol. The van der Waals surface area contributed by atoms with Gasteiger partial charge in [0.2, 0.25) is 26.0 Å². The number of hydrogen-bond donors (Lipinski definition) is 3. The second-order valence-corrected chi connectivity index (χ2v) is 13.9. The number of nitrogens with zero attached hydrogens (tertiary/aromatic N) is 2. The Morgan fingerprint density at radius 1 is 1.04 bits per heavy atom. The first-order valence-electron chi connectivity index (χ1n) is 13.7. The third kappa shape index (κ3) is 9.81. The molecule has 0 radical (unpaired) electrons. The molecule has 45 heavy (non-hydrogen) atoms. The number of amides is 1. The SMILES string of the molecule is Cc1cnccc1-c1cccc([C@H](C)N(CCCC(=O)NCCS(=O)(=O)NCC(=O)O)S(=O)(=O)c2ccccc2C(F)(F)F)c1. The number of sulfonamides is 2. The molecule has 16 heteroatoms. The number of pyridine rings is 1. The number of hydrogen-bond acceptors (Lipinski definition) is 7. The van der Waals surface area contributed by atoms with Crippen molar-refractivity contribution in [2.45, 2.75) is 43.8 Å². The van der Waals surface area contributed by atoms with Crippen LogP contribution in [0.2, 0.25) is 0 Å². The van der Waals surface area contributed by atoms with Crippen LogP contribution in [0.1, 0.15) is 42.5 Å². The number of aromatic nitrogens is 1. The zero-order valence-corrected chi connectivity index (χ0v) is 26.0. The van der Waals surface area contributed by atoms with Gasteiger partial charge in [0.15, 0.2) is 0 Å². The van der Waals surface area contributed by atoms with Gasteiger partial charge in [0, 0.05) is 37.9 Å². The molecule has 1 aromatic heterocycles. The highest BCUT2D eigenvalue weighted by Crippen LogP contribution is 2.38. The van der Waals surface area contributed by atoms with Crippen molar-refractivity contribution in [3.05, 3.63) is 83.7 Å². The number of carbonyl (C=O) groups is 2. The maximum absolute atomic E-state index is 13.9. The van der Waals surface area contributed by atoms with Crippen LogP contribution in [0.3, 0.4) is 0 Å². The fraction of sp³-hybridized carbons (Fsp3) is 0.345. The Labute approximate surface area is 259 Å². The number of rotatable bonds is 15. The molecule has 0 spiro atoms. The van der Waals surface area contributed by atoms with Crippen molar-refractivity contribution in [3.63, 3.8) is 0 Å². The first-order chi connectivity index (χ1) is 21.0.